The molecule has 1 saturated carbocycles. The van der Waals surface area contributed by atoms with Gasteiger partial charge in [0.2, 0.25) is 11.8 Å². The second-order valence-corrected chi connectivity index (χ2v) is 13.2. The van der Waals surface area contributed by atoms with Gasteiger partial charge >= 0.3 is 0 Å². The highest BCUT2D eigenvalue weighted by Crippen LogP contribution is 2.33. The molecule has 0 unspecified atom stereocenters. The zero-order chi connectivity index (χ0) is 31.9. The van der Waals surface area contributed by atoms with Crippen molar-refractivity contribution in [3.05, 3.63) is 82.9 Å². The molecule has 4 rings (SSSR count). The number of carbonyl (C=O) groups excluding carboxylic acids is 2. The Labute approximate surface area is 265 Å². The zero-order valence-corrected chi connectivity index (χ0v) is 27.2. The highest BCUT2D eigenvalue weighted by molar-refractivity contribution is 7.92. The third kappa shape index (κ3) is 7.65. The lowest BCUT2D eigenvalue weighted by atomic mass is 10.1. The van der Waals surface area contributed by atoms with Crippen molar-refractivity contribution in [2.75, 3.05) is 25.1 Å². The molecular weight excluding hydrogens is 602 g/mol. The van der Waals surface area contributed by atoms with Crippen molar-refractivity contribution in [1.82, 2.24) is 10.2 Å². The van der Waals surface area contributed by atoms with Crippen molar-refractivity contribution in [2.24, 2.45) is 0 Å². The van der Waals surface area contributed by atoms with Crippen LogP contribution in [0.2, 0.25) is 5.02 Å². The van der Waals surface area contributed by atoms with Crippen LogP contribution in [-0.4, -0.2) is 58.0 Å². The van der Waals surface area contributed by atoms with Crippen molar-refractivity contribution >= 4 is 39.1 Å². The largest absolute Gasteiger partial charge is 0.493 e. The summed E-state index contributed by atoms with van der Waals surface area (Å²) in [6.45, 7) is 3.40. The zero-order valence-electron chi connectivity index (χ0n) is 25.6. The number of sulfonamides is 1. The van der Waals surface area contributed by atoms with E-state index in [0.29, 0.717) is 17.2 Å². The number of nitrogens with one attached hydrogen (secondary N) is 1. The average Bonchev–Trinajstić information content (AvgIpc) is 3.53. The third-order valence-corrected chi connectivity index (χ3v) is 10.0. The smallest absolute Gasteiger partial charge is 0.264 e. The monoisotopic (exact) mass is 641 g/mol. The number of hydrogen-bond donors (Lipinski definition) is 1. The van der Waals surface area contributed by atoms with E-state index < -0.39 is 28.5 Å². The molecule has 0 spiro atoms. The molecule has 44 heavy (non-hydrogen) atoms. The molecule has 2 amide bonds. The Balaban J connectivity index is 1.75. The number of hydrogen-bond acceptors (Lipinski definition) is 6. The number of amides is 2. The predicted molar refractivity (Wildman–Crippen MR) is 172 cm³/mol. The molecule has 0 radical (unpaired) electrons. The molecule has 0 heterocycles. The van der Waals surface area contributed by atoms with Gasteiger partial charge in [0.1, 0.15) is 12.6 Å². The lowest BCUT2D eigenvalue weighted by Gasteiger charge is -2.34. The number of nitrogens with zero attached hydrogens (tertiary/aromatic N) is 2. The minimum absolute atomic E-state index is 0.0722. The molecule has 3 aromatic rings. The highest BCUT2D eigenvalue weighted by Gasteiger charge is 2.35. The maximum Gasteiger partial charge on any atom is 0.264 e. The number of benzene rings is 3. The van der Waals surface area contributed by atoms with Gasteiger partial charge < -0.3 is 19.7 Å². The van der Waals surface area contributed by atoms with Crippen LogP contribution < -0.4 is 19.1 Å². The van der Waals surface area contributed by atoms with Gasteiger partial charge in [0.15, 0.2) is 11.5 Å². The summed E-state index contributed by atoms with van der Waals surface area (Å²) >= 11 is 6.13. The molecule has 1 N–H and O–H groups in total. The van der Waals surface area contributed by atoms with Gasteiger partial charge in [-0.2, -0.15) is 0 Å². The van der Waals surface area contributed by atoms with E-state index in [2.05, 4.69) is 5.32 Å². The highest BCUT2D eigenvalue weighted by atomic mass is 35.5. The van der Waals surface area contributed by atoms with Crippen molar-refractivity contribution in [1.29, 1.82) is 0 Å². The van der Waals surface area contributed by atoms with Crippen LogP contribution in [0.3, 0.4) is 0 Å². The topological polar surface area (TPSA) is 105 Å². The van der Waals surface area contributed by atoms with Gasteiger partial charge in [-0.25, -0.2) is 8.42 Å². The number of anilines is 1. The van der Waals surface area contributed by atoms with Crippen LogP contribution in [0.15, 0.2) is 71.6 Å². The van der Waals surface area contributed by atoms with E-state index in [1.165, 1.54) is 37.3 Å². The van der Waals surface area contributed by atoms with Gasteiger partial charge in [0, 0.05) is 23.7 Å². The Kier molecular flexibility index (Phi) is 11.2. The number of ether oxygens (including phenoxy) is 2. The Morgan fingerprint density at radius 1 is 0.977 bits per heavy atom. The van der Waals surface area contributed by atoms with E-state index in [-0.39, 0.29) is 34.8 Å². The SMILES string of the molecule is CC[C@H](C(=O)NC1CCCC1)N(Cc1ccccc1C)C(=O)CN(c1ccc(Cl)cc1)S(=O)(=O)c1ccc(OC)c(OC)c1. The molecule has 1 fully saturated rings. The van der Waals surface area contributed by atoms with Gasteiger partial charge in [0.05, 0.1) is 24.8 Å². The van der Waals surface area contributed by atoms with Crippen LogP contribution >= 0.6 is 11.6 Å². The van der Waals surface area contributed by atoms with Crippen LogP contribution in [0.4, 0.5) is 5.69 Å². The summed E-state index contributed by atoms with van der Waals surface area (Å²) in [5, 5.41) is 3.55. The Morgan fingerprint density at radius 3 is 2.25 bits per heavy atom. The molecule has 1 aliphatic rings. The van der Waals surface area contributed by atoms with Crippen LogP contribution in [0.25, 0.3) is 0 Å². The Bertz CT molecular complexity index is 1560. The first-order valence-corrected chi connectivity index (χ1v) is 16.6. The molecule has 0 saturated heterocycles. The van der Waals surface area contributed by atoms with Gasteiger partial charge in [-0.05, 0) is 73.7 Å². The van der Waals surface area contributed by atoms with Crippen molar-refractivity contribution < 1.29 is 27.5 Å². The summed E-state index contributed by atoms with van der Waals surface area (Å²) in [6.07, 6.45) is 4.28. The molecule has 11 heteroatoms. The molecule has 3 aromatic carbocycles. The Morgan fingerprint density at radius 2 is 1.64 bits per heavy atom. The number of halogens is 1. The minimum atomic E-state index is -4.30. The maximum atomic E-state index is 14.3. The number of rotatable bonds is 13. The standard InChI is InChI=1S/C33H40ClN3O6S/c1-5-29(33(39)35-26-12-8-9-13-26)36(21-24-11-7-6-10-23(24)2)32(38)22-37(27-16-14-25(34)15-17-27)44(40,41)28-18-19-30(42-3)31(20-28)43-4/h6-7,10-11,14-20,26,29H,5,8-9,12-13,21-22H2,1-4H3,(H,35,39)/t29-/m1/s1. The van der Waals surface area contributed by atoms with Crippen LogP contribution in [0.5, 0.6) is 11.5 Å². The van der Waals surface area contributed by atoms with E-state index in [1.54, 1.807) is 24.3 Å². The molecule has 236 valence electrons. The summed E-state index contributed by atoms with van der Waals surface area (Å²) in [7, 11) is -1.42. The molecular formula is C33H40ClN3O6S. The second-order valence-electron chi connectivity index (χ2n) is 10.9. The third-order valence-electron chi connectivity index (χ3n) is 8.03. The van der Waals surface area contributed by atoms with Crippen molar-refractivity contribution in [2.45, 2.75) is 69.5 Å². The van der Waals surface area contributed by atoms with E-state index in [0.717, 1.165) is 41.1 Å². The second kappa shape index (κ2) is 14.8. The predicted octanol–water partition coefficient (Wildman–Crippen LogP) is 5.73. The summed E-state index contributed by atoms with van der Waals surface area (Å²) in [4.78, 5) is 29.3. The quantitative estimate of drug-likeness (QED) is 0.256. The van der Waals surface area contributed by atoms with Gasteiger partial charge in [-0.1, -0.05) is 55.6 Å². The van der Waals surface area contributed by atoms with Crippen LogP contribution in [0, 0.1) is 6.92 Å². The number of carbonyl (C=O) groups is 2. The van der Waals surface area contributed by atoms with E-state index >= 15 is 0 Å². The molecule has 1 atom stereocenters. The fourth-order valence-electron chi connectivity index (χ4n) is 5.50. The Hall–Kier alpha value is -3.76. The van der Waals surface area contributed by atoms with Gasteiger partial charge in [0.25, 0.3) is 10.0 Å². The van der Waals surface area contributed by atoms with Crippen LogP contribution in [0.1, 0.15) is 50.2 Å². The van der Waals surface area contributed by atoms with E-state index in [4.69, 9.17) is 21.1 Å². The fraction of sp³-hybridized carbons (Fsp3) is 0.394. The number of aryl methyl sites for hydroxylation is 1. The molecule has 1 aliphatic carbocycles. The van der Waals surface area contributed by atoms with Crippen LogP contribution in [-0.2, 0) is 26.2 Å². The lowest BCUT2D eigenvalue weighted by Crippen LogP contribution is -2.53. The lowest BCUT2D eigenvalue weighted by molar-refractivity contribution is -0.140. The van der Waals surface area contributed by atoms with E-state index in [1.807, 2.05) is 38.1 Å². The maximum absolute atomic E-state index is 14.3. The summed E-state index contributed by atoms with van der Waals surface area (Å²) < 4.78 is 40.1. The first-order valence-electron chi connectivity index (χ1n) is 14.7. The first-order chi connectivity index (χ1) is 21.1. The normalized spacial score (nSPS) is 14.1. The first kappa shape index (κ1) is 33.1. The molecule has 0 aliphatic heterocycles. The number of methoxy groups -OCH3 is 2. The average molecular weight is 642 g/mol. The summed E-state index contributed by atoms with van der Waals surface area (Å²) in [6, 6.07) is 17.4. The summed E-state index contributed by atoms with van der Waals surface area (Å²) in [5.74, 6) is -0.154. The summed E-state index contributed by atoms with van der Waals surface area (Å²) in [5.41, 5.74) is 2.08. The molecule has 0 bridgehead atoms. The molecule has 9 nitrogen and oxygen atoms in total. The molecule has 0 aromatic heterocycles. The van der Waals surface area contributed by atoms with Crippen molar-refractivity contribution in [3.8, 4) is 11.5 Å². The minimum Gasteiger partial charge on any atom is -0.493 e. The fourth-order valence-corrected chi connectivity index (χ4v) is 7.05. The van der Waals surface area contributed by atoms with Gasteiger partial charge in [-0.15, -0.1) is 0 Å². The van der Waals surface area contributed by atoms with Gasteiger partial charge in [-0.3, -0.25) is 13.9 Å². The van der Waals surface area contributed by atoms with Crippen molar-refractivity contribution in [3.63, 3.8) is 0 Å². The van der Waals surface area contributed by atoms with E-state index in [9.17, 15) is 18.0 Å².